The molecule has 1 aliphatic heterocycles. The van der Waals surface area contributed by atoms with E-state index < -0.39 is 0 Å². The molecule has 1 unspecified atom stereocenters. The first-order chi connectivity index (χ1) is 8.75. The van der Waals surface area contributed by atoms with Gasteiger partial charge >= 0.3 is 0 Å². The lowest BCUT2D eigenvalue weighted by Crippen LogP contribution is -2.24. The van der Waals surface area contributed by atoms with Crippen LogP contribution in [0.25, 0.3) is 0 Å². The van der Waals surface area contributed by atoms with Crippen LogP contribution in [0.1, 0.15) is 25.8 Å². The molecule has 0 fully saturated rings. The Balaban J connectivity index is 1.57. The van der Waals surface area contributed by atoms with Gasteiger partial charge in [0.05, 0.1) is 6.61 Å². The standard InChI is InChI=1S/C15H23NOS/c1-12(2)16-8-5-9-17-11-14-10-13-6-3-4-7-15(13)18-14/h3-4,6-7,12,14,16H,5,8-11H2,1-2H3. The molecule has 18 heavy (non-hydrogen) atoms. The van der Waals surface area contributed by atoms with Gasteiger partial charge in [-0.3, -0.25) is 0 Å². The molecular formula is C15H23NOS. The van der Waals surface area contributed by atoms with Gasteiger partial charge in [0.15, 0.2) is 0 Å². The van der Waals surface area contributed by atoms with Crippen LogP contribution in [0.15, 0.2) is 29.2 Å². The van der Waals surface area contributed by atoms with Gasteiger partial charge in [-0.2, -0.15) is 0 Å². The smallest absolute Gasteiger partial charge is 0.0591 e. The van der Waals surface area contributed by atoms with Crippen molar-refractivity contribution in [1.29, 1.82) is 0 Å². The third-order valence-electron chi connectivity index (χ3n) is 3.04. The lowest BCUT2D eigenvalue weighted by atomic mass is 10.1. The van der Waals surface area contributed by atoms with Crippen molar-refractivity contribution < 1.29 is 4.74 Å². The molecule has 1 atom stereocenters. The Morgan fingerprint density at radius 2 is 2.22 bits per heavy atom. The number of nitrogens with one attached hydrogen (secondary N) is 1. The molecule has 1 aliphatic rings. The minimum absolute atomic E-state index is 0.574. The molecule has 0 amide bonds. The number of rotatable bonds is 7. The van der Waals surface area contributed by atoms with Crippen LogP contribution in [0.4, 0.5) is 0 Å². The van der Waals surface area contributed by atoms with E-state index >= 15 is 0 Å². The maximum absolute atomic E-state index is 5.77. The van der Waals surface area contributed by atoms with Crippen LogP contribution < -0.4 is 5.32 Å². The fourth-order valence-electron chi connectivity index (χ4n) is 2.13. The predicted molar refractivity (Wildman–Crippen MR) is 78.4 cm³/mol. The van der Waals surface area contributed by atoms with Crippen LogP contribution in [0.3, 0.4) is 0 Å². The number of hydrogen-bond acceptors (Lipinski definition) is 3. The molecule has 2 nitrogen and oxygen atoms in total. The highest BCUT2D eigenvalue weighted by Gasteiger charge is 2.21. The minimum Gasteiger partial charge on any atom is -0.380 e. The van der Waals surface area contributed by atoms with Crippen LogP contribution in [0.5, 0.6) is 0 Å². The van der Waals surface area contributed by atoms with E-state index in [2.05, 4.69) is 43.4 Å². The summed E-state index contributed by atoms with van der Waals surface area (Å²) in [5, 5.41) is 4.01. The number of hydrogen-bond donors (Lipinski definition) is 1. The Morgan fingerprint density at radius 3 is 3.00 bits per heavy atom. The summed E-state index contributed by atoms with van der Waals surface area (Å²) in [5.74, 6) is 0. The van der Waals surface area contributed by atoms with Crippen LogP contribution in [0.2, 0.25) is 0 Å². The highest BCUT2D eigenvalue weighted by Crippen LogP contribution is 2.36. The third-order valence-corrected chi connectivity index (χ3v) is 4.32. The molecule has 3 heteroatoms. The monoisotopic (exact) mass is 265 g/mol. The van der Waals surface area contributed by atoms with Crippen LogP contribution in [0, 0.1) is 0 Å². The molecule has 0 bridgehead atoms. The van der Waals surface area contributed by atoms with Crippen molar-refractivity contribution in [3.05, 3.63) is 29.8 Å². The van der Waals surface area contributed by atoms with Gasteiger partial charge < -0.3 is 10.1 Å². The summed E-state index contributed by atoms with van der Waals surface area (Å²) in [6.45, 7) is 7.14. The van der Waals surface area contributed by atoms with E-state index in [9.17, 15) is 0 Å². The van der Waals surface area contributed by atoms with E-state index in [4.69, 9.17) is 4.74 Å². The molecule has 0 saturated heterocycles. The predicted octanol–water partition coefficient (Wildman–Crippen LogP) is 3.11. The first kappa shape index (κ1) is 13.9. The average Bonchev–Trinajstić information content (AvgIpc) is 2.75. The number of fused-ring (bicyclic) bond motifs is 1. The zero-order chi connectivity index (χ0) is 12.8. The minimum atomic E-state index is 0.574. The molecular weight excluding hydrogens is 242 g/mol. The number of thioether (sulfide) groups is 1. The zero-order valence-corrected chi connectivity index (χ0v) is 12.1. The Kier molecular flexibility index (Phi) is 5.54. The Hall–Kier alpha value is -0.510. The molecule has 1 N–H and O–H groups in total. The maximum atomic E-state index is 5.77. The van der Waals surface area contributed by atoms with E-state index in [0.29, 0.717) is 11.3 Å². The molecule has 1 aromatic carbocycles. The second-order valence-corrected chi connectivity index (χ2v) is 6.43. The van der Waals surface area contributed by atoms with Gasteiger partial charge in [-0.1, -0.05) is 32.0 Å². The summed E-state index contributed by atoms with van der Waals surface area (Å²) in [7, 11) is 0. The summed E-state index contributed by atoms with van der Waals surface area (Å²) in [4.78, 5) is 1.44. The summed E-state index contributed by atoms with van der Waals surface area (Å²) in [6.07, 6.45) is 2.26. The van der Waals surface area contributed by atoms with E-state index in [1.807, 2.05) is 11.8 Å². The molecule has 100 valence electrons. The number of benzene rings is 1. The molecule has 1 aromatic rings. The van der Waals surface area contributed by atoms with E-state index in [-0.39, 0.29) is 0 Å². The average molecular weight is 265 g/mol. The zero-order valence-electron chi connectivity index (χ0n) is 11.3. The van der Waals surface area contributed by atoms with E-state index in [1.54, 1.807) is 0 Å². The van der Waals surface area contributed by atoms with E-state index in [1.165, 1.54) is 10.5 Å². The maximum Gasteiger partial charge on any atom is 0.0591 e. The molecule has 0 aliphatic carbocycles. The van der Waals surface area contributed by atoms with Crippen molar-refractivity contribution >= 4 is 11.8 Å². The Bertz CT molecular complexity index is 342. The molecule has 0 saturated carbocycles. The number of ether oxygens (including phenoxy) is 1. The molecule has 0 spiro atoms. The SMILES string of the molecule is CC(C)NCCCOCC1Cc2ccccc2S1. The van der Waals surface area contributed by atoms with Gasteiger partial charge in [0.25, 0.3) is 0 Å². The van der Waals surface area contributed by atoms with E-state index in [0.717, 1.165) is 32.6 Å². The van der Waals surface area contributed by atoms with Gasteiger partial charge in [-0.05, 0) is 31.0 Å². The summed E-state index contributed by atoms with van der Waals surface area (Å²) in [6, 6.07) is 9.26. The highest BCUT2D eigenvalue weighted by molar-refractivity contribution is 8.00. The lowest BCUT2D eigenvalue weighted by Gasteiger charge is -2.11. The van der Waals surface area contributed by atoms with Gasteiger partial charge in [-0.15, -0.1) is 11.8 Å². The normalized spacial score (nSPS) is 18.3. The van der Waals surface area contributed by atoms with Crippen LogP contribution in [-0.4, -0.2) is 31.1 Å². The van der Waals surface area contributed by atoms with Crippen molar-refractivity contribution in [2.24, 2.45) is 0 Å². The molecule has 1 heterocycles. The second kappa shape index (κ2) is 7.17. The topological polar surface area (TPSA) is 21.3 Å². The molecule has 2 rings (SSSR count). The van der Waals surface area contributed by atoms with Crippen molar-refractivity contribution in [1.82, 2.24) is 5.32 Å². The third kappa shape index (κ3) is 4.30. The summed E-state index contributed by atoms with van der Waals surface area (Å²) in [5.41, 5.74) is 1.48. The summed E-state index contributed by atoms with van der Waals surface area (Å²) < 4.78 is 5.77. The quantitative estimate of drug-likeness (QED) is 0.765. The molecule has 0 aromatic heterocycles. The van der Waals surface area contributed by atoms with Crippen molar-refractivity contribution in [2.75, 3.05) is 19.8 Å². The Morgan fingerprint density at radius 1 is 1.39 bits per heavy atom. The first-order valence-electron chi connectivity index (χ1n) is 6.81. The van der Waals surface area contributed by atoms with Gasteiger partial charge in [-0.25, -0.2) is 0 Å². The van der Waals surface area contributed by atoms with Gasteiger partial charge in [0.2, 0.25) is 0 Å². The summed E-state index contributed by atoms with van der Waals surface area (Å²) >= 11 is 1.96. The van der Waals surface area contributed by atoms with Crippen LogP contribution in [-0.2, 0) is 11.2 Å². The second-order valence-electron chi connectivity index (χ2n) is 5.09. The van der Waals surface area contributed by atoms with Gasteiger partial charge in [0, 0.05) is 22.8 Å². The van der Waals surface area contributed by atoms with Gasteiger partial charge in [0.1, 0.15) is 0 Å². The van der Waals surface area contributed by atoms with Crippen molar-refractivity contribution in [3.8, 4) is 0 Å². The van der Waals surface area contributed by atoms with Crippen molar-refractivity contribution in [2.45, 2.75) is 42.9 Å². The van der Waals surface area contributed by atoms with Crippen LogP contribution >= 0.6 is 11.8 Å². The first-order valence-corrected chi connectivity index (χ1v) is 7.69. The fraction of sp³-hybridized carbons (Fsp3) is 0.600. The fourth-order valence-corrected chi connectivity index (χ4v) is 3.37. The molecule has 0 radical (unpaired) electrons. The lowest BCUT2D eigenvalue weighted by molar-refractivity contribution is 0.133. The Labute approximate surface area is 114 Å². The highest BCUT2D eigenvalue weighted by atomic mass is 32.2. The van der Waals surface area contributed by atoms with Crippen molar-refractivity contribution in [3.63, 3.8) is 0 Å². The largest absolute Gasteiger partial charge is 0.380 e.